The number of alkyl halides is 1. The summed E-state index contributed by atoms with van der Waals surface area (Å²) in [5.74, 6) is 2.67. The number of Topliss-reactive ketones (excluding diaryl/α,β-unsaturated/α-hetero) is 1. The average molecular weight is 442 g/mol. The van der Waals surface area contributed by atoms with E-state index in [1.54, 1.807) is 7.11 Å². The molecule has 0 aromatic rings. The van der Waals surface area contributed by atoms with E-state index in [1.165, 1.54) is 6.42 Å². The summed E-state index contributed by atoms with van der Waals surface area (Å²) >= 11 is 3.41. The van der Waals surface area contributed by atoms with Crippen molar-refractivity contribution in [1.29, 1.82) is 0 Å². The Labute approximate surface area is 174 Å². The molecule has 0 aliphatic heterocycles. The topological polar surface area (TPSA) is 46.5 Å². The average Bonchev–Trinajstić information content (AvgIpc) is 3.03. The van der Waals surface area contributed by atoms with Crippen LogP contribution in [0, 0.1) is 40.4 Å². The summed E-state index contributed by atoms with van der Waals surface area (Å²) in [7, 11) is 1.69. The van der Waals surface area contributed by atoms with Crippen molar-refractivity contribution in [2.45, 2.75) is 77.2 Å². The van der Waals surface area contributed by atoms with Crippen molar-refractivity contribution < 1.29 is 16.0 Å². The quantitative estimate of drug-likeness (QED) is 0.625. The Balaban J connectivity index is 1.67. The Kier molecular flexibility index (Phi) is 5.01. The Morgan fingerprint density at radius 2 is 1.93 bits per heavy atom. The van der Waals surface area contributed by atoms with Gasteiger partial charge in [0.25, 0.3) is 0 Å². The van der Waals surface area contributed by atoms with Gasteiger partial charge < -0.3 is 9.84 Å². The lowest BCUT2D eigenvalue weighted by atomic mass is 9.43. The molecular weight excluding hydrogens is 404 g/mol. The fourth-order valence-electron chi connectivity index (χ4n) is 8.21. The van der Waals surface area contributed by atoms with Gasteiger partial charge in [-0.15, -0.1) is 0 Å². The summed E-state index contributed by atoms with van der Waals surface area (Å²) in [5, 5.41) is 11.2. The van der Waals surface area contributed by atoms with Gasteiger partial charge in [-0.25, -0.2) is 0 Å². The fourth-order valence-corrected chi connectivity index (χ4v) is 8.60. The highest BCUT2D eigenvalue weighted by atomic mass is 79.9. The number of ketones is 1. The predicted octanol–water partition coefficient (Wildman–Crippen LogP) is 4.99. The van der Waals surface area contributed by atoms with Crippen LogP contribution >= 0.6 is 15.9 Å². The molecule has 4 rings (SSSR count). The normalized spacial score (nSPS) is 53.7. The Morgan fingerprint density at radius 3 is 2.63 bits per heavy atom. The summed E-state index contributed by atoms with van der Waals surface area (Å²) < 4.78 is 14.6. The first-order chi connectivity index (χ1) is 13.2. The van der Waals surface area contributed by atoms with Gasteiger partial charge in [0.1, 0.15) is 5.78 Å². The maximum Gasteiger partial charge on any atom is 0.147 e. The number of hydrogen-bond donors (Lipinski definition) is 1. The Hall–Kier alpha value is 0.0700. The largest absolute Gasteiger partial charge is 0.390 e. The Bertz CT molecular complexity index is 625. The molecule has 4 fully saturated rings. The molecule has 0 heterocycles. The second-order valence-electron chi connectivity index (χ2n) is 10.6. The van der Waals surface area contributed by atoms with Gasteiger partial charge in [-0.1, -0.05) is 22.9 Å². The van der Waals surface area contributed by atoms with Crippen LogP contribution in [0.2, 0.25) is 0 Å². The smallest absolute Gasteiger partial charge is 0.147 e. The number of carbonyl (C=O) groups is 1. The van der Waals surface area contributed by atoms with Crippen LogP contribution in [0.1, 0.15) is 73.0 Å². The third-order valence-electron chi connectivity index (χ3n) is 9.38. The second kappa shape index (κ2) is 7.09. The first-order valence-electron chi connectivity index (χ1n) is 11.5. The lowest BCUT2D eigenvalue weighted by molar-refractivity contribution is -0.175. The molecule has 1 N–H and O–H groups in total. The summed E-state index contributed by atoms with van der Waals surface area (Å²) in [4.78, 5) is 12.6. The SMILES string of the molecule is [2H]C(OC)[C@]12CC[C@@](C)(O)C[C@H]1CC[C@H]1[C@@H]3CC[C@H](C(=O)CBr)[C@@]3(C)CC[C@@H]12. The van der Waals surface area contributed by atoms with E-state index in [9.17, 15) is 9.90 Å². The zero-order valence-corrected chi connectivity index (χ0v) is 18.8. The third-order valence-corrected chi connectivity index (χ3v) is 9.93. The van der Waals surface area contributed by atoms with Crippen molar-refractivity contribution in [2.24, 2.45) is 40.4 Å². The van der Waals surface area contributed by atoms with Gasteiger partial charge >= 0.3 is 0 Å². The molecule has 3 nitrogen and oxygen atoms in total. The van der Waals surface area contributed by atoms with Crippen LogP contribution in [0.4, 0.5) is 0 Å². The maximum atomic E-state index is 12.6. The molecule has 4 aliphatic carbocycles. The van der Waals surface area contributed by atoms with Gasteiger partial charge in [-0.2, -0.15) is 0 Å². The molecule has 0 spiro atoms. The van der Waals surface area contributed by atoms with Gasteiger partial charge in [-0.3, -0.25) is 4.79 Å². The molecule has 4 aliphatic rings. The second-order valence-corrected chi connectivity index (χ2v) is 11.2. The minimum Gasteiger partial charge on any atom is -0.390 e. The van der Waals surface area contributed by atoms with Crippen LogP contribution < -0.4 is 0 Å². The third kappa shape index (κ3) is 3.08. The number of ether oxygens (including phenoxy) is 1. The number of hydrogen-bond acceptors (Lipinski definition) is 3. The number of rotatable bonds is 4. The first kappa shape index (κ1) is 19.1. The van der Waals surface area contributed by atoms with Gasteiger partial charge in [0, 0.05) is 13.0 Å². The van der Waals surface area contributed by atoms with Crippen molar-refractivity contribution in [2.75, 3.05) is 19.0 Å². The van der Waals surface area contributed by atoms with Crippen molar-refractivity contribution in [3.63, 3.8) is 0 Å². The van der Waals surface area contributed by atoms with E-state index in [-0.39, 0.29) is 16.7 Å². The summed E-state index contributed by atoms with van der Waals surface area (Å²) in [5.41, 5.74) is -0.595. The van der Waals surface area contributed by atoms with Gasteiger partial charge in [-0.05, 0) is 99.2 Å². The number of methoxy groups -OCH3 is 1. The molecule has 27 heavy (non-hydrogen) atoms. The number of aliphatic hydroxyl groups is 1. The standard InChI is InChI=1S/C23H37BrO3/c1-21(26)10-11-23(14-27-3)15(12-21)4-5-16-17-6-7-19(20(25)13-24)22(17,2)9-8-18(16)23/h15-19,26H,4-14H2,1-3H3/t15-,16+,17+,18+,19-,21-,22+,23-/m1/s1/i14D/t14?,15-,16+,17+,18+,19-,21-,22+,23-. The minimum atomic E-state index is -0.599. The van der Waals surface area contributed by atoms with Crippen molar-refractivity contribution >= 4 is 21.7 Å². The monoisotopic (exact) mass is 441 g/mol. The van der Waals surface area contributed by atoms with Crippen LogP contribution in [0.15, 0.2) is 0 Å². The zero-order chi connectivity index (χ0) is 20.3. The van der Waals surface area contributed by atoms with E-state index in [4.69, 9.17) is 6.11 Å². The van der Waals surface area contributed by atoms with Crippen molar-refractivity contribution in [3.8, 4) is 0 Å². The molecule has 0 bridgehead atoms. The van der Waals surface area contributed by atoms with Crippen molar-refractivity contribution in [1.82, 2.24) is 0 Å². The molecule has 0 saturated heterocycles. The lowest BCUT2D eigenvalue weighted by Crippen LogP contribution is -2.58. The highest BCUT2D eigenvalue weighted by molar-refractivity contribution is 9.09. The van der Waals surface area contributed by atoms with E-state index >= 15 is 0 Å². The summed E-state index contributed by atoms with van der Waals surface area (Å²) in [6.45, 7) is 3.85. The summed E-state index contributed by atoms with van der Waals surface area (Å²) in [6.07, 6.45) is 9.19. The summed E-state index contributed by atoms with van der Waals surface area (Å²) in [6, 6.07) is 0. The van der Waals surface area contributed by atoms with Gasteiger partial charge in [0.05, 0.1) is 18.9 Å². The molecule has 9 atom stereocenters. The van der Waals surface area contributed by atoms with Crippen LogP contribution in [0.5, 0.6) is 0 Å². The minimum absolute atomic E-state index is 0.126. The highest BCUT2D eigenvalue weighted by Crippen LogP contribution is 2.68. The molecule has 0 aromatic heterocycles. The molecular formula is C23H37BrO3. The first-order valence-corrected chi connectivity index (χ1v) is 12.1. The number of fused-ring (bicyclic) bond motifs is 5. The fraction of sp³-hybridized carbons (Fsp3) is 0.957. The molecule has 4 saturated carbocycles. The number of halogens is 1. The van der Waals surface area contributed by atoms with E-state index in [0.29, 0.717) is 34.8 Å². The van der Waals surface area contributed by atoms with Crippen molar-refractivity contribution in [3.05, 3.63) is 0 Å². The molecule has 0 amide bonds. The Morgan fingerprint density at radius 1 is 1.15 bits per heavy atom. The van der Waals surface area contributed by atoms with E-state index in [2.05, 4.69) is 22.9 Å². The highest BCUT2D eigenvalue weighted by Gasteiger charge is 2.62. The van der Waals surface area contributed by atoms with E-state index in [1.807, 2.05) is 6.92 Å². The van der Waals surface area contributed by atoms with Crippen LogP contribution in [-0.4, -0.2) is 35.5 Å². The van der Waals surface area contributed by atoms with E-state index in [0.717, 1.165) is 51.4 Å². The van der Waals surface area contributed by atoms with Crippen LogP contribution in [0.3, 0.4) is 0 Å². The molecule has 0 aromatic carbocycles. The van der Waals surface area contributed by atoms with Crippen LogP contribution in [0.25, 0.3) is 0 Å². The van der Waals surface area contributed by atoms with E-state index < -0.39 is 12.2 Å². The molecule has 1 unspecified atom stereocenters. The van der Waals surface area contributed by atoms with Gasteiger partial charge in [0.2, 0.25) is 0 Å². The number of carbonyl (C=O) groups excluding carboxylic acids is 1. The lowest BCUT2D eigenvalue weighted by Gasteiger charge is -2.62. The molecule has 154 valence electrons. The van der Waals surface area contributed by atoms with Gasteiger partial charge in [0.15, 0.2) is 0 Å². The molecule has 4 heteroatoms. The molecule has 0 radical (unpaired) electrons. The maximum absolute atomic E-state index is 12.6. The predicted molar refractivity (Wildman–Crippen MR) is 111 cm³/mol. The zero-order valence-electron chi connectivity index (χ0n) is 18.2. The van der Waals surface area contributed by atoms with Crippen LogP contribution in [-0.2, 0) is 9.53 Å².